The molecule has 2 fully saturated rings. The van der Waals surface area contributed by atoms with Crippen molar-refractivity contribution in [2.24, 2.45) is 5.41 Å². The van der Waals surface area contributed by atoms with Crippen molar-refractivity contribution in [3.8, 4) is 5.75 Å². The number of nitrogens with zero attached hydrogens (tertiary/aromatic N) is 3. The minimum atomic E-state index is -0.174. The molecule has 2 aromatic rings. The molecule has 5 rings (SSSR count). The van der Waals surface area contributed by atoms with Crippen LogP contribution in [-0.4, -0.2) is 57.8 Å². The maximum absolute atomic E-state index is 13.0. The summed E-state index contributed by atoms with van der Waals surface area (Å²) in [6.45, 7) is 5.05. The highest BCUT2D eigenvalue weighted by Crippen LogP contribution is 2.49. The number of phenols is 1. The van der Waals surface area contributed by atoms with Gasteiger partial charge in [-0.2, -0.15) is 0 Å². The number of piperidine rings is 1. The monoisotopic (exact) mass is 441 g/mol. The first-order chi connectivity index (χ1) is 14.7. The van der Waals surface area contributed by atoms with Crippen molar-refractivity contribution in [2.75, 3.05) is 26.7 Å². The molecule has 2 aliphatic heterocycles. The Morgan fingerprint density at radius 2 is 1.71 bits per heavy atom. The molecule has 1 spiro atoms. The lowest BCUT2D eigenvalue weighted by molar-refractivity contribution is 0.0127. The second-order valence-corrected chi connectivity index (χ2v) is 9.96. The number of halogens is 1. The van der Waals surface area contributed by atoms with Crippen LogP contribution in [0.25, 0.3) is 0 Å². The number of phenolic OH excluding ortho intramolecular Hbond substituents is 1. The number of carbonyl (C=O) groups excluding carboxylic acids is 2. The fourth-order valence-corrected chi connectivity index (χ4v) is 5.42. The van der Waals surface area contributed by atoms with Crippen LogP contribution in [0.3, 0.4) is 0 Å². The number of likely N-dealkylation sites (N-methyl/N-ethyl adjacent to an activating group) is 1. The highest BCUT2D eigenvalue weighted by Gasteiger charge is 2.49. The molecule has 1 aliphatic carbocycles. The second kappa shape index (κ2) is 7.10. The van der Waals surface area contributed by atoms with Crippen LogP contribution >= 0.6 is 11.6 Å². The van der Waals surface area contributed by atoms with Crippen molar-refractivity contribution in [1.82, 2.24) is 14.4 Å². The molecule has 1 aromatic carbocycles. The predicted molar refractivity (Wildman–Crippen MR) is 119 cm³/mol. The minimum absolute atomic E-state index is 0.0224. The maximum atomic E-state index is 13.0. The van der Waals surface area contributed by atoms with Crippen LogP contribution in [-0.2, 0) is 12.1 Å². The first-order valence-corrected chi connectivity index (χ1v) is 11.4. The van der Waals surface area contributed by atoms with Crippen molar-refractivity contribution < 1.29 is 14.7 Å². The maximum Gasteiger partial charge on any atom is 0.253 e. The Labute approximate surface area is 187 Å². The van der Waals surface area contributed by atoms with Crippen LogP contribution in [0.2, 0.25) is 5.02 Å². The van der Waals surface area contributed by atoms with Crippen LogP contribution < -0.4 is 0 Å². The van der Waals surface area contributed by atoms with Crippen LogP contribution in [0, 0.1) is 5.41 Å². The van der Waals surface area contributed by atoms with E-state index in [0.717, 1.165) is 44.5 Å². The fourth-order valence-electron chi connectivity index (χ4n) is 5.24. The van der Waals surface area contributed by atoms with E-state index in [4.69, 9.17) is 11.6 Å². The lowest BCUT2D eigenvalue weighted by Crippen LogP contribution is -2.56. The van der Waals surface area contributed by atoms with E-state index in [1.54, 1.807) is 6.07 Å². The van der Waals surface area contributed by atoms with Gasteiger partial charge in [-0.3, -0.25) is 14.5 Å². The molecule has 3 aliphatic rings. The highest BCUT2D eigenvalue weighted by atomic mass is 35.5. The first-order valence-electron chi connectivity index (χ1n) is 11.0. The molecule has 3 heterocycles. The highest BCUT2D eigenvalue weighted by molar-refractivity contribution is 6.32. The molecule has 7 heteroatoms. The molecule has 0 radical (unpaired) electrons. The van der Waals surface area contributed by atoms with E-state index in [1.807, 2.05) is 11.0 Å². The molecule has 1 N–H and O–H groups in total. The summed E-state index contributed by atoms with van der Waals surface area (Å²) in [5.74, 6) is 0.184. The molecule has 31 heavy (non-hydrogen) atoms. The third-order valence-corrected chi connectivity index (χ3v) is 8.00. The number of fused-ring (bicyclic) bond motifs is 2. The molecular weight excluding hydrogens is 414 g/mol. The molecule has 164 valence electrons. The van der Waals surface area contributed by atoms with Gasteiger partial charge in [0.2, 0.25) is 0 Å². The smallest absolute Gasteiger partial charge is 0.253 e. The van der Waals surface area contributed by atoms with Gasteiger partial charge in [-0.1, -0.05) is 18.5 Å². The summed E-state index contributed by atoms with van der Waals surface area (Å²) in [6.07, 6.45) is 3.59. The number of aromatic hydroxyl groups is 1. The molecule has 1 amide bonds. The number of aromatic nitrogens is 1. The van der Waals surface area contributed by atoms with E-state index in [0.29, 0.717) is 18.7 Å². The lowest BCUT2D eigenvalue weighted by atomic mass is 9.81. The van der Waals surface area contributed by atoms with Gasteiger partial charge in [0, 0.05) is 42.9 Å². The van der Waals surface area contributed by atoms with E-state index in [9.17, 15) is 14.7 Å². The number of Topliss-reactive ketones (excluding diaryl/α,β-unsaturated/α-hetero) is 1. The van der Waals surface area contributed by atoms with Gasteiger partial charge >= 0.3 is 0 Å². The van der Waals surface area contributed by atoms with Crippen LogP contribution in [0.1, 0.15) is 59.1 Å². The fraction of sp³-hybridized carbons (Fsp3) is 0.500. The van der Waals surface area contributed by atoms with E-state index in [2.05, 4.69) is 29.5 Å². The summed E-state index contributed by atoms with van der Waals surface area (Å²) in [4.78, 5) is 30.3. The number of ketones is 1. The van der Waals surface area contributed by atoms with Crippen LogP contribution in [0.4, 0.5) is 0 Å². The van der Waals surface area contributed by atoms with Gasteiger partial charge < -0.3 is 14.6 Å². The quantitative estimate of drug-likeness (QED) is 0.733. The first kappa shape index (κ1) is 20.6. The van der Waals surface area contributed by atoms with Crippen LogP contribution in [0.5, 0.6) is 5.75 Å². The molecule has 1 aromatic heterocycles. The number of benzene rings is 1. The Morgan fingerprint density at radius 3 is 2.35 bits per heavy atom. The zero-order chi connectivity index (χ0) is 22.0. The summed E-state index contributed by atoms with van der Waals surface area (Å²) >= 11 is 6.00. The number of rotatable bonds is 3. The molecule has 0 unspecified atom stereocenters. The van der Waals surface area contributed by atoms with Crippen molar-refractivity contribution in [1.29, 1.82) is 0 Å². The standard InChI is InChI=1S/C24H28ClN3O3/c1-23(7-8-23)21(30)18-4-6-20-24(26(2)13-14-28(18)20)9-11-27(12-10-24)22(31)16-3-5-19(29)17(25)15-16/h3-6,15,29H,7-14H2,1-2H3. The SMILES string of the molecule is CN1CCn2c(C(=O)C3(C)CC3)ccc2C12CCN(C(=O)c1ccc(O)c(Cl)c1)CC2. The second-order valence-electron chi connectivity index (χ2n) is 9.56. The van der Waals surface area contributed by atoms with E-state index in [1.165, 1.54) is 17.8 Å². The van der Waals surface area contributed by atoms with Gasteiger partial charge in [-0.25, -0.2) is 0 Å². The Bertz CT molecular complexity index is 1060. The van der Waals surface area contributed by atoms with Gasteiger partial charge in [0.15, 0.2) is 5.78 Å². The zero-order valence-corrected chi connectivity index (χ0v) is 18.8. The van der Waals surface area contributed by atoms with Crippen molar-refractivity contribution in [2.45, 2.75) is 44.7 Å². The summed E-state index contributed by atoms with van der Waals surface area (Å²) < 4.78 is 2.24. The largest absolute Gasteiger partial charge is 0.506 e. The minimum Gasteiger partial charge on any atom is -0.506 e. The summed E-state index contributed by atoms with van der Waals surface area (Å²) in [5, 5.41) is 9.82. The average molecular weight is 442 g/mol. The Kier molecular flexibility index (Phi) is 4.72. The lowest BCUT2D eigenvalue weighted by Gasteiger charge is -2.50. The van der Waals surface area contributed by atoms with Crippen molar-refractivity contribution >= 4 is 23.3 Å². The number of amides is 1. The van der Waals surface area contributed by atoms with Gasteiger partial charge in [0.1, 0.15) is 5.75 Å². The summed E-state index contributed by atoms with van der Waals surface area (Å²) in [5.41, 5.74) is 2.20. The van der Waals surface area contributed by atoms with E-state index < -0.39 is 0 Å². The summed E-state index contributed by atoms with van der Waals surface area (Å²) in [7, 11) is 2.15. The average Bonchev–Trinajstić information content (AvgIpc) is 3.37. The van der Waals surface area contributed by atoms with Crippen molar-refractivity contribution in [3.05, 3.63) is 52.3 Å². The van der Waals surface area contributed by atoms with E-state index >= 15 is 0 Å². The van der Waals surface area contributed by atoms with Crippen LogP contribution in [0.15, 0.2) is 30.3 Å². The third-order valence-electron chi connectivity index (χ3n) is 7.70. The predicted octanol–water partition coefficient (Wildman–Crippen LogP) is 3.91. The summed E-state index contributed by atoms with van der Waals surface area (Å²) in [6, 6.07) is 8.74. The Morgan fingerprint density at radius 1 is 1.00 bits per heavy atom. The zero-order valence-electron chi connectivity index (χ0n) is 18.0. The third kappa shape index (κ3) is 3.19. The Balaban J connectivity index is 1.38. The van der Waals surface area contributed by atoms with Gasteiger partial charge in [-0.05, 0) is 63.1 Å². The molecule has 6 nitrogen and oxygen atoms in total. The normalized spacial score (nSPS) is 21.7. The Hall–Kier alpha value is -2.31. The number of likely N-dealkylation sites (tertiary alicyclic amines) is 1. The van der Waals surface area contributed by atoms with E-state index in [-0.39, 0.29) is 33.4 Å². The number of carbonyl (C=O) groups is 2. The molecule has 0 bridgehead atoms. The topological polar surface area (TPSA) is 65.8 Å². The molecule has 1 saturated heterocycles. The number of hydrogen-bond acceptors (Lipinski definition) is 4. The van der Waals surface area contributed by atoms with Gasteiger partial charge in [0.25, 0.3) is 5.91 Å². The molecule has 0 atom stereocenters. The van der Waals surface area contributed by atoms with Crippen molar-refractivity contribution in [3.63, 3.8) is 0 Å². The molecular formula is C24H28ClN3O3. The molecule has 1 saturated carbocycles. The number of hydrogen-bond donors (Lipinski definition) is 1. The van der Waals surface area contributed by atoms with Gasteiger partial charge in [-0.15, -0.1) is 0 Å². The van der Waals surface area contributed by atoms with Gasteiger partial charge in [0.05, 0.1) is 16.3 Å².